The minimum atomic E-state index is -0.392. The maximum Gasteiger partial charge on any atom is 0.258 e. The van der Waals surface area contributed by atoms with Gasteiger partial charge in [0.15, 0.2) is 0 Å². The van der Waals surface area contributed by atoms with Gasteiger partial charge in [0, 0.05) is 28.9 Å². The summed E-state index contributed by atoms with van der Waals surface area (Å²) in [5.74, 6) is 0.0619. The lowest BCUT2D eigenvalue weighted by Gasteiger charge is -2.09. The average molecular weight is 403 g/mol. The van der Waals surface area contributed by atoms with Crippen molar-refractivity contribution in [3.8, 4) is 11.4 Å². The van der Waals surface area contributed by atoms with E-state index in [1.807, 2.05) is 12.1 Å². The van der Waals surface area contributed by atoms with E-state index in [-0.39, 0.29) is 12.2 Å². The van der Waals surface area contributed by atoms with Crippen LogP contribution in [0.25, 0.3) is 16.6 Å². The molecule has 0 saturated carbocycles. The largest absolute Gasteiger partial charge is 0.487 e. The molecule has 30 heavy (non-hydrogen) atoms. The molecule has 1 aromatic carbocycles. The number of H-pyrrole nitrogens is 1. The highest BCUT2D eigenvalue weighted by Crippen LogP contribution is 2.29. The molecule has 0 atom stereocenters. The van der Waals surface area contributed by atoms with Crippen molar-refractivity contribution in [1.29, 1.82) is 0 Å². The topological polar surface area (TPSA) is 59.9 Å². The molecule has 0 radical (unpaired) electrons. The van der Waals surface area contributed by atoms with Gasteiger partial charge in [-0.25, -0.2) is 4.39 Å². The summed E-state index contributed by atoms with van der Waals surface area (Å²) in [4.78, 5) is 20.2. The summed E-state index contributed by atoms with van der Waals surface area (Å²) < 4.78 is 20.2. The monoisotopic (exact) mass is 403 g/mol. The van der Waals surface area contributed by atoms with Gasteiger partial charge in [0.25, 0.3) is 5.56 Å². The van der Waals surface area contributed by atoms with E-state index >= 15 is 0 Å². The molecule has 152 valence electrons. The molecule has 0 bridgehead atoms. The molecule has 1 N–H and O–H groups in total. The summed E-state index contributed by atoms with van der Waals surface area (Å²) in [7, 11) is 0. The van der Waals surface area contributed by atoms with E-state index in [4.69, 9.17) is 4.74 Å². The highest BCUT2D eigenvalue weighted by molar-refractivity contribution is 5.86. The van der Waals surface area contributed by atoms with Crippen LogP contribution in [0.3, 0.4) is 0 Å². The number of rotatable bonds is 4. The van der Waals surface area contributed by atoms with Crippen molar-refractivity contribution in [3.63, 3.8) is 0 Å². The normalized spacial score (nSPS) is 13.8. The first-order valence-electron chi connectivity index (χ1n) is 10.3. The number of hydrogen-bond acceptors (Lipinski definition) is 3. The van der Waals surface area contributed by atoms with Gasteiger partial charge in [-0.15, -0.1) is 0 Å². The number of nitrogens with zero attached hydrogens (tertiary/aromatic N) is 2. The van der Waals surface area contributed by atoms with Gasteiger partial charge in [0.05, 0.1) is 17.6 Å². The lowest BCUT2D eigenvalue weighted by atomic mass is 10.1. The van der Waals surface area contributed by atoms with E-state index in [1.165, 1.54) is 48.0 Å². The molecule has 3 aromatic heterocycles. The number of ether oxygens (including phenoxy) is 1. The zero-order chi connectivity index (χ0) is 20.5. The van der Waals surface area contributed by atoms with Gasteiger partial charge < -0.3 is 9.72 Å². The number of benzene rings is 1. The van der Waals surface area contributed by atoms with Crippen molar-refractivity contribution in [2.75, 3.05) is 0 Å². The predicted octanol–water partition coefficient (Wildman–Crippen LogP) is 4.70. The highest BCUT2D eigenvalue weighted by atomic mass is 19.1. The lowest BCUT2D eigenvalue weighted by Crippen LogP contribution is -2.16. The molecule has 4 aromatic rings. The third kappa shape index (κ3) is 3.61. The van der Waals surface area contributed by atoms with E-state index in [9.17, 15) is 9.18 Å². The van der Waals surface area contributed by atoms with E-state index < -0.39 is 5.82 Å². The van der Waals surface area contributed by atoms with Crippen molar-refractivity contribution in [3.05, 3.63) is 88.0 Å². The highest BCUT2D eigenvalue weighted by Gasteiger charge is 2.15. The Morgan fingerprint density at radius 2 is 1.97 bits per heavy atom. The summed E-state index contributed by atoms with van der Waals surface area (Å²) in [5.41, 5.74) is 5.08. The van der Waals surface area contributed by atoms with Gasteiger partial charge in [-0.2, -0.15) is 0 Å². The van der Waals surface area contributed by atoms with Crippen LogP contribution in [0.2, 0.25) is 0 Å². The number of aromatic amines is 1. The minimum Gasteiger partial charge on any atom is -0.487 e. The maximum atomic E-state index is 12.9. The minimum absolute atomic E-state index is 0.170. The molecule has 0 amide bonds. The first kappa shape index (κ1) is 18.6. The Bertz CT molecular complexity index is 1260. The van der Waals surface area contributed by atoms with Crippen molar-refractivity contribution >= 4 is 10.9 Å². The lowest BCUT2D eigenvalue weighted by molar-refractivity contribution is 0.300. The molecule has 0 saturated heterocycles. The molecular weight excluding hydrogens is 381 g/mol. The second-order valence-corrected chi connectivity index (χ2v) is 7.70. The third-order valence-electron chi connectivity index (χ3n) is 5.68. The Morgan fingerprint density at radius 3 is 2.80 bits per heavy atom. The van der Waals surface area contributed by atoms with E-state index in [1.54, 1.807) is 22.9 Å². The summed E-state index contributed by atoms with van der Waals surface area (Å²) in [5, 5.41) is 1.26. The number of halogens is 1. The fourth-order valence-corrected chi connectivity index (χ4v) is 4.14. The van der Waals surface area contributed by atoms with Crippen LogP contribution in [0, 0.1) is 5.82 Å². The Hall–Kier alpha value is -3.41. The molecule has 0 aliphatic heterocycles. The summed E-state index contributed by atoms with van der Waals surface area (Å²) in [6.45, 7) is 0.170. The quantitative estimate of drug-likeness (QED) is 0.503. The number of pyridine rings is 2. The van der Waals surface area contributed by atoms with Crippen LogP contribution < -0.4 is 10.3 Å². The second kappa shape index (κ2) is 7.78. The van der Waals surface area contributed by atoms with E-state index in [2.05, 4.69) is 16.0 Å². The number of aryl methyl sites for hydroxylation is 2. The molecule has 3 heterocycles. The fourth-order valence-electron chi connectivity index (χ4n) is 4.14. The fraction of sp³-hybridized carbons (Fsp3) is 0.250. The van der Waals surface area contributed by atoms with Crippen molar-refractivity contribution in [2.45, 2.75) is 38.7 Å². The first-order chi connectivity index (χ1) is 14.7. The molecule has 1 aliphatic rings. The molecule has 0 fully saturated rings. The molecule has 5 nitrogen and oxygen atoms in total. The molecule has 0 unspecified atom stereocenters. The van der Waals surface area contributed by atoms with Crippen molar-refractivity contribution in [2.24, 2.45) is 0 Å². The molecule has 1 aliphatic carbocycles. The molecule has 6 heteroatoms. The molecule has 0 spiro atoms. The zero-order valence-corrected chi connectivity index (χ0v) is 16.5. The second-order valence-electron chi connectivity index (χ2n) is 7.70. The van der Waals surface area contributed by atoms with E-state index in [0.29, 0.717) is 11.4 Å². The Labute approximate surface area is 173 Å². The smallest absolute Gasteiger partial charge is 0.258 e. The average Bonchev–Trinajstić information content (AvgIpc) is 2.93. The Kier molecular flexibility index (Phi) is 4.83. The standard InChI is InChI=1S/C24H22FN3O2/c25-16-6-7-17(26-14-16)15-30-19-10-11-28(24(29)13-19)18-8-9-21-20-4-2-1-3-5-22(20)27-23(21)12-18/h6-14,27H,1-5,15H2. The summed E-state index contributed by atoms with van der Waals surface area (Å²) >= 11 is 0. The molecule has 5 rings (SSSR count). The van der Waals surface area contributed by atoms with Crippen LogP contribution in [-0.4, -0.2) is 14.5 Å². The third-order valence-corrected chi connectivity index (χ3v) is 5.68. The van der Waals surface area contributed by atoms with Crippen LogP contribution in [0.4, 0.5) is 4.39 Å². The van der Waals surface area contributed by atoms with Crippen LogP contribution in [-0.2, 0) is 19.4 Å². The summed E-state index contributed by atoms with van der Waals surface area (Å²) in [6.07, 6.45) is 8.80. The van der Waals surface area contributed by atoms with Gasteiger partial charge in [-0.05, 0) is 61.6 Å². The maximum absolute atomic E-state index is 12.9. The van der Waals surface area contributed by atoms with Gasteiger partial charge in [0.1, 0.15) is 18.2 Å². The number of fused-ring (bicyclic) bond motifs is 3. The number of hydrogen-bond donors (Lipinski definition) is 1. The van der Waals surface area contributed by atoms with Crippen LogP contribution in [0.5, 0.6) is 5.75 Å². The Balaban J connectivity index is 1.39. The van der Waals surface area contributed by atoms with E-state index in [0.717, 1.165) is 30.2 Å². The SMILES string of the molecule is O=c1cc(OCc2ccc(F)cn2)ccn1-c1ccc2c3c([nH]c2c1)CCCCC3. The predicted molar refractivity (Wildman–Crippen MR) is 114 cm³/mol. The zero-order valence-electron chi connectivity index (χ0n) is 16.5. The van der Waals surface area contributed by atoms with Crippen molar-refractivity contribution in [1.82, 2.24) is 14.5 Å². The Morgan fingerprint density at radius 1 is 1.07 bits per heavy atom. The van der Waals surface area contributed by atoms with Crippen molar-refractivity contribution < 1.29 is 9.13 Å². The van der Waals surface area contributed by atoms with Gasteiger partial charge in [0.2, 0.25) is 0 Å². The van der Waals surface area contributed by atoms with Gasteiger partial charge >= 0.3 is 0 Å². The number of nitrogens with one attached hydrogen (secondary N) is 1. The number of aromatic nitrogens is 3. The molecular formula is C24H22FN3O2. The van der Waals surface area contributed by atoms with Gasteiger partial charge in [-0.3, -0.25) is 14.3 Å². The van der Waals surface area contributed by atoms with Gasteiger partial charge in [-0.1, -0.05) is 12.5 Å². The van der Waals surface area contributed by atoms with Crippen LogP contribution in [0.1, 0.15) is 36.2 Å². The van der Waals surface area contributed by atoms with Crippen LogP contribution in [0.15, 0.2) is 59.7 Å². The summed E-state index contributed by atoms with van der Waals surface area (Å²) in [6, 6.07) is 12.2. The first-order valence-corrected chi connectivity index (χ1v) is 10.3. The van der Waals surface area contributed by atoms with Crippen LogP contribution >= 0.6 is 0 Å².